The Kier molecular flexibility index (Phi) is 7.86. The molecule has 23 heavy (non-hydrogen) atoms. The highest BCUT2D eigenvalue weighted by molar-refractivity contribution is 5.88. The summed E-state index contributed by atoms with van der Waals surface area (Å²) in [6.07, 6.45) is 2.20. The van der Waals surface area contributed by atoms with Gasteiger partial charge in [-0.15, -0.1) is 0 Å². The fraction of sp³-hybridized carbons (Fsp3) is 0.588. The average molecular weight is 320 g/mol. The third-order valence-corrected chi connectivity index (χ3v) is 4.01. The minimum Gasteiger partial charge on any atom is -0.478 e. The zero-order valence-electron chi connectivity index (χ0n) is 13.7. The third-order valence-electron chi connectivity index (χ3n) is 4.01. The van der Waals surface area contributed by atoms with Gasteiger partial charge in [0.05, 0.1) is 5.56 Å². The Labute approximate surface area is 138 Å². The van der Waals surface area contributed by atoms with E-state index in [-0.39, 0.29) is 0 Å². The van der Waals surface area contributed by atoms with E-state index in [1.54, 1.807) is 12.1 Å². The zero-order chi connectivity index (χ0) is 16.3. The second-order valence-corrected chi connectivity index (χ2v) is 5.80. The van der Waals surface area contributed by atoms with Gasteiger partial charge in [0.1, 0.15) is 0 Å². The molecule has 0 atom stereocenters. The molecular weight excluding hydrogens is 292 g/mol. The van der Waals surface area contributed by atoms with E-state index in [1.165, 1.54) is 0 Å². The molecule has 0 bridgehead atoms. The van der Waals surface area contributed by atoms with Gasteiger partial charge in [0.15, 0.2) is 0 Å². The molecule has 0 aliphatic carbocycles. The van der Waals surface area contributed by atoms with Crippen LogP contribution in [0.2, 0.25) is 0 Å². The number of aromatic carboxylic acids is 1. The molecule has 1 fully saturated rings. The molecule has 1 aliphatic rings. The highest BCUT2D eigenvalue weighted by Crippen LogP contribution is 2.15. The van der Waals surface area contributed by atoms with E-state index in [2.05, 4.69) is 20.9 Å². The first-order chi connectivity index (χ1) is 11.3. The van der Waals surface area contributed by atoms with Crippen LogP contribution in [-0.4, -0.2) is 63.4 Å². The van der Waals surface area contributed by atoms with Gasteiger partial charge >= 0.3 is 5.97 Å². The molecule has 0 aromatic heterocycles. The normalized spacial score (nSPS) is 19.0. The van der Waals surface area contributed by atoms with Crippen molar-refractivity contribution in [3.05, 3.63) is 29.8 Å². The number of carboxylic acids is 1. The third kappa shape index (κ3) is 6.56. The Morgan fingerprint density at radius 1 is 0.826 bits per heavy atom. The zero-order valence-corrected chi connectivity index (χ0v) is 13.7. The minimum absolute atomic E-state index is 0.336. The lowest BCUT2D eigenvalue weighted by molar-refractivity contribution is 0.0697. The van der Waals surface area contributed by atoms with E-state index < -0.39 is 5.97 Å². The van der Waals surface area contributed by atoms with E-state index in [1.807, 2.05) is 12.1 Å². The predicted octanol–water partition coefficient (Wildman–Crippen LogP) is 0.754. The van der Waals surface area contributed by atoms with Crippen LogP contribution < -0.4 is 20.9 Å². The lowest BCUT2D eigenvalue weighted by atomic mass is 10.2. The lowest BCUT2D eigenvalue weighted by Crippen LogP contribution is -2.37. The van der Waals surface area contributed by atoms with Gasteiger partial charge in [0, 0.05) is 38.4 Å². The van der Waals surface area contributed by atoms with Crippen LogP contribution >= 0.6 is 0 Å². The van der Waals surface area contributed by atoms with E-state index in [9.17, 15) is 4.79 Å². The standard InChI is InChI=1S/C17H28N4O2/c22-17(23)15-3-5-16(6-4-15)21-13-2-9-19-11-10-18-7-1-8-20-12-14-21/h3-6,18-20H,1-2,7-14H2,(H,22,23). The first-order valence-corrected chi connectivity index (χ1v) is 8.48. The average Bonchev–Trinajstić information content (AvgIpc) is 2.57. The van der Waals surface area contributed by atoms with Crippen molar-refractivity contribution in [2.75, 3.05) is 57.3 Å². The quantitative estimate of drug-likeness (QED) is 0.644. The molecule has 0 unspecified atom stereocenters. The molecule has 0 spiro atoms. The Morgan fingerprint density at radius 2 is 1.43 bits per heavy atom. The van der Waals surface area contributed by atoms with Gasteiger partial charge in [-0.3, -0.25) is 0 Å². The fourth-order valence-corrected chi connectivity index (χ4v) is 2.68. The highest BCUT2D eigenvalue weighted by atomic mass is 16.4. The largest absolute Gasteiger partial charge is 0.478 e. The maximum absolute atomic E-state index is 11.0. The second-order valence-electron chi connectivity index (χ2n) is 5.80. The number of carboxylic acid groups (broad SMARTS) is 1. The number of benzene rings is 1. The van der Waals surface area contributed by atoms with Crippen molar-refractivity contribution in [3.63, 3.8) is 0 Å². The van der Waals surface area contributed by atoms with Crippen LogP contribution in [0.3, 0.4) is 0 Å². The Balaban J connectivity index is 1.93. The Morgan fingerprint density at radius 3 is 2.09 bits per heavy atom. The first kappa shape index (κ1) is 17.7. The number of nitrogens with zero attached hydrogens (tertiary/aromatic N) is 1. The minimum atomic E-state index is -0.878. The van der Waals surface area contributed by atoms with Crippen LogP contribution in [0.5, 0.6) is 0 Å². The molecule has 2 rings (SSSR count). The summed E-state index contributed by atoms with van der Waals surface area (Å²) in [5.41, 5.74) is 1.42. The number of nitrogens with one attached hydrogen (secondary N) is 3. The van der Waals surface area contributed by atoms with Crippen LogP contribution in [0.25, 0.3) is 0 Å². The summed E-state index contributed by atoms with van der Waals surface area (Å²) in [6.45, 7) is 7.92. The smallest absolute Gasteiger partial charge is 0.335 e. The summed E-state index contributed by atoms with van der Waals surface area (Å²) in [5.74, 6) is -0.878. The number of carbonyl (C=O) groups is 1. The van der Waals surface area contributed by atoms with Crippen molar-refractivity contribution in [1.82, 2.24) is 16.0 Å². The summed E-state index contributed by atoms with van der Waals surface area (Å²) >= 11 is 0. The van der Waals surface area contributed by atoms with Crippen molar-refractivity contribution in [3.8, 4) is 0 Å². The van der Waals surface area contributed by atoms with Crippen LogP contribution in [0, 0.1) is 0 Å². The van der Waals surface area contributed by atoms with Gasteiger partial charge in [-0.25, -0.2) is 4.79 Å². The summed E-state index contributed by atoms with van der Waals surface area (Å²) in [7, 11) is 0. The van der Waals surface area contributed by atoms with E-state index in [4.69, 9.17) is 5.11 Å². The van der Waals surface area contributed by atoms with Gasteiger partial charge in [0.25, 0.3) is 0 Å². The van der Waals surface area contributed by atoms with E-state index in [0.717, 1.165) is 70.9 Å². The molecule has 1 saturated heterocycles. The van der Waals surface area contributed by atoms with Gasteiger partial charge in [-0.2, -0.15) is 0 Å². The van der Waals surface area contributed by atoms with Crippen LogP contribution in [0.15, 0.2) is 24.3 Å². The molecule has 6 heteroatoms. The lowest BCUT2D eigenvalue weighted by Gasteiger charge is -2.25. The molecule has 1 aromatic carbocycles. The highest BCUT2D eigenvalue weighted by Gasteiger charge is 2.08. The first-order valence-electron chi connectivity index (χ1n) is 8.48. The van der Waals surface area contributed by atoms with E-state index in [0.29, 0.717) is 5.56 Å². The van der Waals surface area contributed by atoms with Crippen LogP contribution in [0.1, 0.15) is 23.2 Å². The van der Waals surface area contributed by atoms with E-state index >= 15 is 0 Å². The molecule has 0 radical (unpaired) electrons. The van der Waals surface area contributed by atoms with Crippen molar-refractivity contribution < 1.29 is 9.90 Å². The second kappa shape index (κ2) is 10.2. The maximum Gasteiger partial charge on any atom is 0.335 e. The van der Waals surface area contributed by atoms with Gasteiger partial charge < -0.3 is 26.0 Å². The molecule has 1 aromatic rings. The van der Waals surface area contributed by atoms with Gasteiger partial charge in [-0.1, -0.05) is 0 Å². The van der Waals surface area contributed by atoms with Crippen LogP contribution in [0.4, 0.5) is 5.69 Å². The molecular formula is C17H28N4O2. The molecule has 0 saturated carbocycles. The molecule has 4 N–H and O–H groups in total. The number of rotatable bonds is 2. The molecule has 128 valence electrons. The Hall–Kier alpha value is -1.63. The SMILES string of the molecule is O=C(O)c1ccc(N2CCCNCCNCCCNCC2)cc1. The van der Waals surface area contributed by atoms with Crippen molar-refractivity contribution in [2.45, 2.75) is 12.8 Å². The number of hydrogen-bond donors (Lipinski definition) is 4. The van der Waals surface area contributed by atoms with Crippen LogP contribution in [-0.2, 0) is 0 Å². The summed E-state index contributed by atoms with van der Waals surface area (Å²) in [4.78, 5) is 13.3. The fourth-order valence-electron chi connectivity index (χ4n) is 2.68. The van der Waals surface area contributed by atoms with Crippen molar-refractivity contribution >= 4 is 11.7 Å². The topological polar surface area (TPSA) is 76.6 Å². The van der Waals surface area contributed by atoms with Gasteiger partial charge in [0.2, 0.25) is 0 Å². The number of hydrogen-bond acceptors (Lipinski definition) is 5. The van der Waals surface area contributed by atoms with Crippen molar-refractivity contribution in [1.29, 1.82) is 0 Å². The molecule has 1 aliphatic heterocycles. The summed E-state index contributed by atoms with van der Waals surface area (Å²) in [6, 6.07) is 7.18. The number of anilines is 1. The van der Waals surface area contributed by atoms with Crippen molar-refractivity contribution in [2.24, 2.45) is 0 Å². The van der Waals surface area contributed by atoms with Gasteiger partial charge in [-0.05, 0) is 56.7 Å². The molecule has 1 heterocycles. The maximum atomic E-state index is 11.0. The molecule has 0 amide bonds. The monoisotopic (exact) mass is 320 g/mol. The summed E-state index contributed by atoms with van der Waals surface area (Å²) in [5, 5.41) is 19.4. The predicted molar refractivity (Wildman–Crippen MR) is 93.5 cm³/mol. The molecule has 6 nitrogen and oxygen atoms in total. The Bertz CT molecular complexity index is 450. The summed E-state index contributed by atoms with van der Waals surface area (Å²) < 4.78 is 0.